The first-order valence-corrected chi connectivity index (χ1v) is 14.1. The van der Waals surface area contributed by atoms with Crippen LogP contribution < -0.4 is 15.4 Å². The lowest BCUT2D eigenvalue weighted by atomic mass is 10.1. The second kappa shape index (κ2) is 11.5. The number of benzene rings is 3. The highest BCUT2D eigenvalue weighted by Gasteiger charge is 2.44. The van der Waals surface area contributed by atoms with Gasteiger partial charge in [0.1, 0.15) is 5.75 Å². The van der Waals surface area contributed by atoms with Crippen LogP contribution in [0, 0.1) is 6.92 Å². The Morgan fingerprint density at radius 2 is 1.76 bits per heavy atom. The van der Waals surface area contributed by atoms with Crippen LogP contribution >= 0.6 is 0 Å². The van der Waals surface area contributed by atoms with Crippen molar-refractivity contribution in [1.82, 2.24) is 14.8 Å². The number of anilines is 3. The van der Waals surface area contributed by atoms with Gasteiger partial charge in [-0.15, -0.1) is 0 Å². The molecule has 2 atom stereocenters. The van der Waals surface area contributed by atoms with E-state index in [4.69, 9.17) is 4.74 Å². The fraction of sp³-hybridized carbons (Fsp3) is 0.312. The number of rotatable bonds is 8. The highest BCUT2D eigenvalue weighted by molar-refractivity contribution is 5.93. The van der Waals surface area contributed by atoms with Crippen molar-refractivity contribution in [2.24, 2.45) is 0 Å². The van der Waals surface area contributed by atoms with Crippen LogP contribution in [-0.4, -0.2) is 59.1 Å². The zero-order valence-corrected chi connectivity index (χ0v) is 23.2. The summed E-state index contributed by atoms with van der Waals surface area (Å²) in [5.74, 6) is 0.161. The summed E-state index contributed by atoms with van der Waals surface area (Å²) in [7, 11) is 0. The number of hydrogen-bond donors (Lipinski definition) is 2. The van der Waals surface area contributed by atoms with Crippen molar-refractivity contribution < 1.29 is 22.7 Å². The summed E-state index contributed by atoms with van der Waals surface area (Å²) in [4.78, 5) is 21.5. The van der Waals surface area contributed by atoms with E-state index >= 15 is 0 Å². The van der Waals surface area contributed by atoms with Crippen molar-refractivity contribution in [3.63, 3.8) is 0 Å². The Morgan fingerprint density at radius 3 is 2.52 bits per heavy atom. The third kappa shape index (κ3) is 6.13. The number of likely N-dealkylation sites (tertiary alicyclic amines) is 2. The molecule has 0 aliphatic carbocycles. The van der Waals surface area contributed by atoms with Gasteiger partial charge in [0.05, 0.1) is 17.7 Å². The number of para-hydroxylation sites is 2. The average molecular weight is 576 g/mol. The topological polar surface area (TPSA) is 69.7 Å². The third-order valence-corrected chi connectivity index (χ3v) is 7.86. The number of aryl methyl sites for hydroxylation is 1. The molecule has 2 unspecified atom stereocenters. The predicted octanol–water partition coefficient (Wildman–Crippen LogP) is 7.07. The van der Waals surface area contributed by atoms with E-state index in [9.17, 15) is 18.0 Å². The van der Waals surface area contributed by atoms with Gasteiger partial charge in [-0.3, -0.25) is 9.88 Å². The quantitative estimate of drug-likeness (QED) is 0.220. The molecule has 3 heterocycles. The van der Waals surface area contributed by atoms with Gasteiger partial charge < -0.3 is 20.3 Å². The van der Waals surface area contributed by atoms with Crippen molar-refractivity contribution >= 4 is 34.0 Å². The van der Waals surface area contributed by atoms with E-state index < -0.39 is 11.7 Å². The molecule has 10 heteroatoms. The number of alkyl halides is 3. The summed E-state index contributed by atoms with van der Waals surface area (Å²) >= 11 is 0. The van der Waals surface area contributed by atoms with Crippen LogP contribution in [0.1, 0.15) is 24.1 Å². The van der Waals surface area contributed by atoms with Crippen molar-refractivity contribution in [2.45, 2.75) is 38.0 Å². The van der Waals surface area contributed by atoms with Gasteiger partial charge in [0.15, 0.2) is 0 Å². The lowest BCUT2D eigenvalue weighted by molar-refractivity contribution is -0.137. The maximum atomic E-state index is 13.8. The number of urea groups is 1. The predicted molar refractivity (Wildman–Crippen MR) is 157 cm³/mol. The summed E-state index contributed by atoms with van der Waals surface area (Å²) < 4.78 is 47.1. The molecule has 2 bridgehead atoms. The molecule has 4 aromatic rings. The lowest BCUT2D eigenvalue weighted by Gasteiger charge is -2.34. The van der Waals surface area contributed by atoms with E-state index in [-0.39, 0.29) is 30.5 Å². The zero-order chi connectivity index (χ0) is 29.3. The number of nitrogens with zero attached hydrogens (tertiary/aromatic N) is 3. The molecule has 6 rings (SSSR count). The molecule has 7 nitrogen and oxygen atoms in total. The molecule has 3 aromatic carbocycles. The standard InChI is InChI=1S/C32H32F3N5O2/c1-21-14-30(28-10-5-6-11-29(28)36-21)37-24-15-22(32(33,34)35)16-27(17-24)42-13-7-12-39-19-26-18-25(39)20-40(26)31(41)38-23-8-3-2-4-9-23/h2-6,8-11,14-17,25-26H,7,12-13,18-20H2,1H3,(H,36,37)(H,38,41). The maximum absolute atomic E-state index is 13.8. The van der Waals surface area contributed by atoms with Gasteiger partial charge in [0, 0.05) is 65.9 Å². The van der Waals surface area contributed by atoms with Crippen LogP contribution in [0.3, 0.4) is 0 Å². The van der Waals surface area contributed by atoms with E-state index in [1.807, 2.05) is 72.5 Å². The number of aromatic nitrogens is 1. The SMILES string of the molecule is Cc1cc(Nc2cc(OCCCN3CC4CC3CN4C(=O)Nc3ccccc3)cc(C(F)(F)F)c2)c2ccccc2n1. The van der Waals surface area contributed by atoms with Crippen LogP contribution in [-0.2, 0) is 6.18 Å². The molecule has 0 spiro atoms. The molecular weight excluding hydrogens is 543 g/mol. The van der Waals surface area contributed by atoms with Crippen molar-refractivity contribution in [1.29, 1.82) is 0 Å². The molecule has 0 radical (unpaired) electrons. The first-order chi connectivity index (χ1) is 20.2. The van der Waals surface area contributed by atoms with Gasteiger partial charge in [-0.2, -0.15) is 13.2 Å². The molecular formula is C32H32F3N5O2. The molecule has 218 valence electrons. The monoisotopic (exact) mass is 575 g/mol. The van der Waals surface area contributed by atoms with E-state index in [0.29, 0.717) is 24.3 Å². The van der Waals surface area contributed by atoms with Crippen LogP contribution in [0.15, 0.2) is 78.9 Å². The molecule has 1 aromatic heterocycles. The van der Waals surface area contributed by atoms with Crippen LogP contribution in [0.25, 0.3) is 10.9 Å². The number of fused-ring (bicyclic) bond motifs is 3. The molecule has 2 fully saturated rings. The minimum absolute atomic E-state index is 0.0828. The zero-order valence-electron chi connectivity index (χ0n) is 23.2. The number of hydrogen-bond acceptors (Lipinski definition) is 5. The number of carbonyl (C=O) groups excluding carboxylic acids is 1. The number of ether oxygens (including phenoxy) is 1. The normalized spacial score (nSPS) is 18.4. The van der Waals surface area contributed by atoms with Crippen LogP contribution in [0.4, 0.5) is 35.0 Å². The number of amides is 2. The summed E-state index contributed by atoms with van der Waals surface area (Å²) in [6, 6.07) is 22.8. The Bertz CT molecular complexity index is 1580. The third-order valence-electron chi connectivity index (χ3n) is 7.86. The molecule has 2 amide bonds. The van der Waals surface area contributed by atoms with E-state index in [1.54, 1.807) is 6.07 Å². The molecule has 42 heavy (non-hydrogen) atoms. The number of pyridine rings is 1. The summed E-state index contributed by atoms with van der Waals surface area (Å²) in [5.41, 5.74) is 2.49. The fourth-order valence-corrected chi connectivity index (χ4v) is 5.93. The number of carbonyl (C=O) groups is 1. The number of piperazine rings is 1. The van der Waals surface area contributed by atoms with Gasteiger partial charge in [0.25, 0.3) is 0 Å². The minimum atomic E-state index is -4.51. The van der Waals surface area contributed by atoms with E-state index in [0.717, 1.165) is 53.9 Å². The summed E-state index contributed by atoms with van der Waals surface area (Å²) in [6.07, 6.45) is -2.93. The first-order valence-electron chi connectivity index (χ1n) is 14.1. The molecule has 2 aliphatic rings. The number of halogens is 3. The Balaban J connectivity index is 1.06. The Labute approximate surface area is 242 Å². The largest absolute Gasteiger partial charge is 0.493 e. The first kappa shape index (κ1) is 27.8. The van der Waals surface area contributed by atoms with E-state index in [2.05, 4.69) is 20.5 Å². The highest BCUT2D eigenvalue weighted by atomic mass is 19.4. The van der Waals surface area contributed by atoms with Gasteiger partial charge in [0.2, 0.25) is 0 Å². The van der Waals surface area contributed by atoms with E-state index in [1.165, 1.54) is 0 Å². The Morgan fingerprint density at radius 1 is 0.976 bits per heavy atom. The van der Waals surface area contributed by atoms with Gasteiger partial charge in [-0.05, 0) is 56.2 Å². The highest BCUT2D eigenvalue weighted by Crippen LogP contribution is 2.36. The van der Waals surface area contributed by atoms with Gasteiger partial charge in [-0.1, -0.05) is 36.4 Å². The molecule has 0 saturated carbocycles. The van der Waals surface area contributed by atoms with Gasteiger partial charge in [-0.25, -0.2) is 4.79 Å². The fourth-order valence-electron chi connectivity index (χ4n) is 5.93. The van der Waals surface area contributed by atoms with Crippen molar-refractivity contribution in [2.75, 3.05) is 36.9 Å². The summed E-state index contributed by atoms with van der Waals surface area (Å²) in [5, 5.41) is 6.94. The van der Waals surface area contributed by atoms with Crippen LogP contribution in [0.5, 0.6) is 5.75 Å². The Hall–Kier alpha value is -4.31. The molecule has 2 aliphatic heterocycles. The second-order valence-electron chi connectivity index (χ2n) is 10.9. The minimum Gasteiger partial charge on any atom is -0.493 e. The second-order valence-corrected chi connectivity index (χ2v) is 10.9. The molecule has 2 saturated heterocycles. The summed E-state index contributed by atoms with van der Waals surface area (Å²) in [6.45, 7) is 4.33. The maximum Gasteiger partial charge on any atom is 0.416 e. The Kier molecular flexibility index (Phi) is 7.64. The van der Waals surface area contributed by atoms with Crippen molar-refractivity contribution in [3.05, 3.63) is 90.1 Å². The molecule has 2 N–H and O–H groups in total. The lowest BCUT2D eigenvalue weighted by Crippen LogP contribution is -2.50. The van der Waals surface area contributed by atoms with Crippen molar-refractivity contribution in [3.8, 4) is 5.75 Å². The smallest absolute Gasteiger partial charge is 0.416 e. The number of nitrogens with one attached hydrogen (secondary N) is 2. The average Bonchev–Trinajstić information content (AvgIpc) is 3.56. The van der Waals surface area contributed by atoms with Crippen LogP contribution in [0.2, 0.25) is 0 Å². The van der Waals surface area contributed by atoms with Gasteiger partial charge >= 0.3 is 12.2 Å².